The Morgan fingerprint density at radius 2 is 1.89 bits per heavy atom. The first-order chi connectivity index (χ1) is 9.10. The van der Waals surface area contributed by atoms with Crippen LogP contribution in [-0.4, -0.2) is 25.3 Å². The van der Waals surface area contributed by atoms with Crippen LogP contribution in [-0.2, 0) is 4.74 Å². The molecule has 1 N–H and O–H groups in total. The molecule has 0 bridgehead atoms. The highest BCUT2D eigenvalue weighted by Crippen LogP contribution is 2.16. The zero-order valence-corrected chi connectivity index (χ0v) is 13.3. The van der Waals surface area contributed by atoms with E-state index in [9.17, 15) is 5.26 Å². The van der Waals surface area contributed by atoms with Gasteiger partial charge in [0.15, 0.2) is 0 Å². The van der Waals surface area contributed by atoms with E-state index in [1.807, 2.05) is 0 Å². The third kappa shape index (κ3) is 9.02. The number of ether oxygens (including phenoxy) is 1. The quantitative estimate of drug-likeness (QED) is 0.546. The van der Waals surface area contributed by atoms with Gasteiger partial charge >= 0.3 is 0 Å². The van der Waals surface area contributed by atoms with E-state index in [2.05, 4.69) is 39.1 Å². The summed E-state index contributed by atoms with van der Waals surface area (Å²) in [6, 6.07) is 2.45. The molecule has 19 heavy (non-hydrogen) atoms. The van der Waals surface area contributed by atoms with Crippen LogP contribution >= 0.6 is 0 Å². The molecule has 0 aromatic rings. The molecule has 112 valence electrons. The van der Waals surface area contributed by atoms with Gasteiger partial charge in [0.2, 0.25) is 0 Å². The summed E-state index contributed by atoms with van der Waals surface area (Å²) < 4.78 is 5.64. The maximum Gasteiger partial charge on any atom is 0.106 e. The summed E-state index contributed by atoms with van der Waals surface area (Å²) in [6.07, 6.45) is 6.13. The van der Waals surface area contributed by atoms with Crippen LogP contribution in [0.15, 0.2) is 0 Å². The van der Waals surface area contributed by atoms with E-state index in [1.54, 1.807) is 0 Å². The summed E-state index contributed by atoms with van der Waals surface area (Å²) >= 11 is 0. The first-order valence-electron chi connectivity index (χ1n) is 7.84. The highest BCUT2D eigenvalue weighted by molar-refractivity contribution is 5.06. The Balaban J connectivity index is 3.73. The van der Waals surface area contributed by atoms with Crippen LogP contribution in [0, 0.1) is 17.2 Å². The second kappa shape index (κ2) is 11.3. The smallest absolute Gasteiger partial charge is 0.106 e. The lowest BCUT2D eigenvalue weighted by Crippen LogP contribution is -2.44. The average Bonchev–Trinajstić information content (AvgIpc) is 2.41. The van der Waals surface area contributed by atoms with Crippen molar-refractivity contribution in [3.8, 4) is 6.07 Å². The van der Waals surface area contributed by atoms with Gasteiger partial charge in [-0.1, -0.05) is 27.7 Å². The Kier molecular flexibility index (Phi) is 10.9. The summed E-state index contributed by atoms with van der Waals surface area (Å²) in [5.74, 6) is 0.758. The lowest BCUT2D eigenvalue weighted by Gasteiger charge is -2.26. The zero-order chi connectivity index (χ0) is 14.6. The van der Waals surface area contributed by atoms with Gasteiger partial charge in [0.25, 0.3) is 0 Å². The molecule has 1 atom stereocenters. The minimum atomic E-state index is -0.350. The van der Waals surface area contributed by atoms with E-state index in [-0.39, 0.29) is 5.54 Å². The molecule has 0 spiro atoms. The SMILES string of the molecule is CCCNC(C#N)(CC)CCCOCCCC(C)C. The molecular formula is C16H32N2O. The number of nitriles is 1. The van der Waals surface area contributed by atoms with Crippen molar-refractivity contribution >= 4 is 0 Å². The van der Waals surface area contributed by atoms with Gasteiger partial charge in [-0.25, -0.2) is 0 Å². The van der Waals surface area contributed by atoms with Crippen LogP contribution < -0.4 is 5.32 Å². The summed E-state index contributed by atoms with van der Waals surface area (Å²) in [7, 11) is 0. The first kappa shape index (κ1) is 18.4. The van der Waals surface area contributed by atoms with Crippen molar-refractivity contribution in [2.24, 2.45) is 5.92 Å². The molecule has 0 aliphatic rings. The second-order valence-electron chi connectivity index (χ2n) is 5.73. The molecule has 0 rings (SSSR count). The van der Waals surface area contributed by atoms with E-state index in [0.717, 1.165) is 57.8 Å². The minimum Gasteiger partial charge on any atom is -0.381 e. The van der Waals surface area contributed by atoms with E-state index in [1.165, 1.54) is 6.42 Å². The third-order valence-corrected chi connectivity index (χ3v) is 3.49. The van der Waals surface area contributed by atoms with Gasteiger partial charge in [-0.3, -0.25) is 5.32 Å². The summed E-state index contributed by atoms with van der Waals surface area (Å²) in [5.41, 5.74) is -0.350. The van der Waals surface area contributed by atoms with Crippen molar-refractivity contribution in [3.05, 3.63) is 0 Å². The second-order valence-corrected chi connectivity index (χ2v) is 5.73. The Labute approximate surface area is 119 Å². The first-order valence-corrected chi connectivity index (χ1v) is 7.84. The molecule has 0 heterocycles. The average molecular weight is 268 g/mol. The molecular weight excluding hydrogens is 236 g/mol. The van der Waals surface area contributed by atoms with Crippen molar-refractivity contribution in [2.75, 3.05) is 19.8 Å². The van der Waals surface area contributed by atoms with Crippen molar-refractivity contribution in [1.29, 1.82) is 5.26 Å². The Morgan fingerprint density at radius 3 is 2.42 bits per heavy atom. The van der Waals surface area contributed by atoms with Gasteiger partial charge in [0.05, 0.1) is 6.07 Å². The summed E-state index contributed by atoms with van der Waals surface area (Å²) in [5, 5.41) is 12.7. The lowest BCUT2D eigenvalue weighted by atomic mass is 9.92. The zero-order valence-electron chi connectivity index (χ0n) is 13.3. The molecule has 3 heteroatoms. The number of hydrogen-bond acceptors (Lipinski definition) is 3. The molecule has 0 saturated heterocycles. The largest absolute Gasteiger partial charge is 0.381 e. The Morgan fingerprint density at radius 1 is 1.21 bits per heavy atom. The van der Waals surface area contributed by atoms with Crippen molar-refractivity contribution in [2.45, 2.75) is 71.8 Å². The van der Waals surface area contributed by atoms with Crippen LogP contribution in [0.5, 0.6) is 0 Å². The molecule has 3 nitrogen and oxygen atoms in total. The van der Waals surface area contributed by atoms with Crippen molar-refractivity contribution in [1.82, 2.24) is 5.32 Å². The molecule has 0 saturated carbocycles. The van der Waals surface area contributed by atoms with E-state index < -0.39 is 0 Å². The Bertz CT molecular complexity index is 248. The van der Waals surface area contributed by atoms with Crippen LogP contribution in [0.3, 0.4) is 0 Å². The Hall–Kier alpha value is -0.590. The van der Waals surface area contributed by atoms with Crippen LogP contribution in [0.2, 0.25) is 0 Å². The normalized spacial score (nSPS) is 14.3. The van der Waals surface area contributed by atoms with Gasteiger partial charge in [-0.05, 0) is 51.0 Å². The van der Waals surface area contributed by atoms with Crippen LogP contribution in [0.25, 0.3) is 0 Å². The van der Waals surface area contributed by atoms with Gasteiger partial charge in [-0.15, -0.1) is 0 Å². The van der Waals surface area contributed by atoms with Crippen LogP contribution in [0.1, 0.15) is 66.2 Å². The maximum atomic E-state index is 9.35. The maximum absolute atomic E-state index is 9.35. The van der Waals surface area contributed by atoms with Gasteiger partial charge in [-0.2, -0.15) is 5.26 Å². The fraction of sp³-hybridized carbons (Fsp3) is 0.938. The minimum absolute atomic E-state index is 0.350. The van der Waals surface area contributed by atoms with Crippen molar-refractivity contribution < 1.29 is 4.74 Å². The molecule has 0 aliphatic heterocycles. The predicted octanol–water partition coefficient (Wildman–Crippen LogP) is 3.89. The number of hydrogen-bond donors (Lipinski definition) is 1. The monoisotopic (exact) mass is 268 g/mol. The third-order valence-electron chi connectivity index (χ3n) is 3.49. The molecule has 0 aliphatic carbocycles. The fourth-order valence-electron chi connectivity index (χ4n) is 2.10. The molecule has 0 amide bonds. The fourth-order valence-corrected chi connectivity index (χ4v) is 2.10. The molecule has 0 fully saturated rings. The van der Waals surface area contributed by atoms with Gasteiger partial charge in [0, 0.05) is 13.2 Å². The van der Waals surface area contributed by atoms with Gasteiger partial charge in [0.1, 0.15) is 5.54 Å². The molecule has 0 aromatic heterocycles. The van der Waals surface area contributed by atoms with Crippen molar-refractivity contribution in [3.63, 3.8) is 0 Å². The molecule has 0 radical (unpaired) electrons. The predicted molar refractivity (Wildman–Crippen MR) is 81.1 cm³/mol. The number of nitrogens with zero attached hydrogens (tertiary/aromatic N) is 1. The highest BCUT2D eigenvalue weighted by atomic mass is 16.5. The van der Waals surface area contributed by atoms with E-state index in [4.69, 9.17) is 4.74 Å². The summed E-state index contributed by atoms with van der Waals surface area (Å²) in [4.78, 5) is 0. The number of rotatable bonds is 12. The van der Waals surface area contributed by atoms with Gasteiger partial charge < -0.3 is 4.74 Å². The number of nitrogens with one attached hydrogen (secondary N) is 1. The van der Waals surface area contributed by atoms with Crippen LogP contribution in [0.4, 0.5) is 0 Å². The molecule has 0 aromatic carbocycles. The summed E-state index contributed by atoms with van der Waals surface area (Å²) in [6.45, 7) is 11.2. The lowest BCUT2D eigenvalue weighted by molar-refractivity contribution is 0.119. The highest BCUT2D eigenvalue weighted by Gasteiger charge is 2.25. The standard InChI is InChI=1S/C16H32N2O/c1-5-11-18-16(6-2,14-17)10-8-13-19-12-7-9-15(3)4/h15,18H,5-13H2,1-4H3. The molecule has 1 unspecified atom stereocenters. The topological polar surface area (TPSA) is 45.0 Å². The van der Waals surface area contributed by atoms with E-state index in [0.29, 0.717) is 0 Å². The van der Waals surface area contributed by atoms with E-state index >= 15 is 0 Å².